The summed E-state index contributed by atoms with van der Waals surface area (Å²) in [6, 6.07) is 3.34. The Morgan fingerprint density at radius 2 is 1.96 bits per heavy atom. The maximum absolute atomic E-state index is 12.1. The van der Waals surface area contributed by atoms with Crippen LogP contribution >= 0.6 is 24.2 Å². The van der Waals surface area contributed by atoms with Gasteiger partial charge in [-0.25, -0.2) is 9.78 Å². The van der Waals surface area contributed by atoms with Crippen molar-refractivity contribution in [1.29, 1.82) is 0 Å². The molecule has 2 heterocycles. The summed E-state index contributed by atoms with van der Waals surface area (Å²) in [5.74, 6) is -0.884. The van der Waals surface area contributed by atoms with E-state index in [1.807, 2.05) is 0 Å². The summed E-state index contributed by atoms with van der Waals surface area (Å²) >= 11 is 10.7. The van der Waals surface area contributed by atoms with Crippen molar-refractivity contribution in [2.75, 3.05) is 37.7 Å². The van der Waals surface area contributed by atoms with Crippen molar-refractivity contribution >= 4 is 52.7 Å². The molecule has 0 radical (unpaired) electrons. The molecule has 1 fully saturated rings. The van der Waals surface area contributed by atoms with Gasteiger partial charge in [-0.1, -0.05) is 11.6 Å². The predicted octanol–water partition coefficient (Wildman–Crippen LogP) is 2.73. The number of pyridine rings is 1. The minimum atomic E-state index is -0.685. The van der Waals surface area contributed by atoms with Crippen LogP contribution in [0.3, 0.4) is 0 Å². The Labute approximate surface area is 167 Å². The Hall–Kier alpha value is -2.19. The van der Waals surface area contributed by atoms with Gasteiger partial charge >= 0.3 is 5.97 Å². The van der Waals surface area contributed by atoms with Crippen molar-refractivity contribution < 1.29 is 19.4 Å². The number of benzene rings is 1. The molecule has 1 aliphatic heterocycles. The number of carbonyl (C=O) groups excluding carboxylic acids is 2. The predicted molar refractivity (Wildman–Crippen MR) is 106 cm³/mol. The van der Waals surface area contributed by atoms with E-state index < -0.39 is 5.97 Å². The summed E-state index contributed by atoms with van der Waals surface area (Å²) in [6.45, 7) is 5.92. The SMILES string of the molecule is CCOC(=O)c1c(S)nc2cc(N3CCN(C(C)=O)CC3)c(Cl)cc2c1O. The molecule has 9 heteroatoms. The number of aromatic hydroxyl groups is 1. The molecular weight excluding hydrogens is 390 g/mol. The molecule has 1 saturated heterocycles. The number of aromatic nitrogens is 1. The normalized spacial score (nSPS) is 14.5. The maximum Gasteiger partial charge on any atom is 0.344 e. The smallest absolute Gasteiger partial charge is 0.344 e. The minimum Gasteiger partial charge on any atom is -0.506 e. The van der Waals surface area contributed by atoms with Gasteiger partial charge in [-0.05, 0) is 19.1 Å². The van der Waals surface area contributed by atoms with Gasteiger partial charge in [-0.3, -0.25) is 4.79 Å². The van der Waals surface area contributed by atoms with Crippen molar-refractivity contribution in [3.63, 3.8) is 0 Å². The molecule has 0 aliphatic carbocycles. The van der Waals surface area contributed by atoms with E-state index in [-0.39, 0.29) is 28.9 Å². The van der Waals surface area contributed by atoms with E-state index in [9.17, 15) is 14.7 Å². The van der Waals surface area contributed by atoms with Crippen LogP contribution in [0, 0.1) is 0 Å². The number of halogens is 1. The van der Waals surface area contributed by atoms with Gasteiger partial charge in [-0.15, -0.1) is 12.6 Å². The first kappa shape index (κ1) is 19.6. The van der Waals surface area contributed by atoms with Gasteiger partial charge in [0, 0.05) is 38.5 Å². The molecule has 1 N–H and O–H groups in total. The lowest BCUT2D eigenvalue weighted by atomic mass is 10.1. The van der Waals surface area contributed by atoms with Gasteiger partial charge in [0.15, 0.2) is 0 Å². The molecule has 1 aromatic heterocycles. The van der Waals surface area contributed by atoms with Crippen LogP contribution in [0.5, 0.6) is 5.75 Å². The van der Waals surface area contributed by atoms with E-state index in [0.717, 1.165) is 5.69 Å². The number of thiol groups is 1. The number of hydrogen-bond acceptors (Lipinski definition) is 7. The first-order valence-corrected chi connectivity index (χ1v) is 9.38. The quantitative estimate of drug-likeness (QED) is 0.599. The van der Waals surface area contributed by atoms with Crippen molar-refractivity contribution in [3.05, 3.63) is 22.7 Å². The first-order chi connectivity index (χ1) is 12.8. The van der Waals surface area contributed by atoms with Crippen molar-refractivity contribution in [2.24, 2.45) is 0 Å². The van der Waals surface area contributed by atoms with Crippen LogP contribution in [-0.2, 0) is 9.53 Å². The molecule has 1 amide bonds. The number of ether oxygens (including phenoxy) is 1. The van der Waals surface area contributed by atoms with Gasteiger partial charge in [0.2, 0.25) is 5.91 Å². The molecular formula is C18H20ClN3O4S. The fraction of sp³-hybridized carbons (Fsp3) is 0.389. The molecule has 1 aromatic carbocycles. The number of hydrogen-bond donors (Lipinski definition) is 2. The summed E-state index contributed by atoms with van der Waals surface area (Å²) in [7, 11) is 0. The fourth-order valence-corrected chi connectivity index (χ4v) is 3.73. The van der Waals surface area contributed by atoms with Crippen LogP contribution in [0.1, 0.15) is 24.2 Å². The fourth-order valence-electron chi connectivity index (χ4n) is 3.14. The zero-order chi connectivity index (χ0) is 19.7. The van der Waals surface area contributed by atoms with Gasteiger partial charge in [0.05, 0.1) is 22.8 Å². The molecule has 7 nitrogen and oxygen atoms in total. The Morgan fingerprint density at radius 1 is 1.30 bits per heavy atom. The second-order valence-corrected chi connectivity index (χ2v) is 7.02. The Kier molecular flexibility index (Phi) is 5.67. The lowest BCUT2D eigenvalue weighted by molar-refractivity contribution is -0.129. The van der Waals surface area contributed by atoms with Crippen LogP contribution < -0.4 is 4.90 Å². The van der Waals surface area contributed by atoms with E-state index in [1.54, 1.807) is 30.9 Å². The highest BCUT2D eigenvalue weighted by atomic mass is 35.5. The number of esters is 1. The van der Waals surface area contributed by atoms with Crippen LogP contribution in [0.15, 0.2) is 17.2 Å². The standard InChI is InChI=1S/C18H20ClN3O4S/c1-3-26-18(25)15-16(24)11-8-12(19)14(9-13(11)20-17(15)27)22-6-4-21(5-7-22)10(2)23/h8-9H,3-7H2,1-2H3,(H2,20,24,27). The Bertz CT molecular complexity index is 913. The molecule has 3 rings (SSSR count). The van der Waals surface area contributed by atoms with E-state index >= 15 is 0 Å². The van der Waals surface area contributed by atoms with Crippen LogP contribution in [0.2, 0.25) is 5.02 Å². The topological polar surface area (TPSA) is 83.0 Å². The summed E-state index contributed by atoms with van der Waals surface area (Å²) < 4.78 is 4.96. The molecule has 27 heavy (non-hydrogen) atoms. The second-order valence-electron chi connectivity index (χ2n) is 6.19. The zero-order valence-corrected chi connectivity index (χ0v) is 16.7. The van der Waals surface area contributed by atoms with E-state index in [1.165, 1.54) is 0 Å². The third-order valence-electron chi connectivity index (χ3n) is 4.55. The number of carbonyl (C=O) groups is 2. The minimum absolute atomic E-state index is 0.0528. The van der Waals surface area contributed by atoms with Gasteiger partial charge < -0.3 is 19.6 Å². The number of nitrogens with zero attached hydrogens (tertiary/aromatic N) is 3. The van der Waals surface area contributed by atoms with Gasteiger partial charge in [0.1, 0.15) is 16.3 Å². The molecule has 0 saturated carbocycles. The van der Waals surface area contributed by atoms with Crippen molar-refractivity contribution in [3.8, 4) is 5.75 Å². The van der Waals surface area contributed by atoms with Crippen LogP contribution in [0.25, 0.3) is 10.9 Å². The lowest BCUT2D eigenvalue weighted by Crippen LogP contribution is -2.48. The molecule has 0 atom stereocenters. The zero-order valence-electron chi connectivity index (χ0n) is 15.0. The Morgan fingerprint density at radius 3 is 2.56 bits per heavy atom. The van der Waals surface area contributed by atoms with E-state index in [2.05, 4.69) is 22.5 Å². The number of amides is 1. The largest absolute Gasteiger partial charge is 0.506 e. The number of rotatable bonds is 3. The summed E-state index contributed by atoms with van der Waals surface area (Å²) in [6.07, 6.45) is 0. The average molecular weight is 410 g/mol. The molecule has 0 bridgehead atoms. The maximum atomic E-state index is 12.1. The third-order valence-corrected chi connectivity index (χ3v) is 5.18. The summed E-state index contributed by atoms with van der Waals surface area (Å²) in [4.78, 5) is 31.7. The lowest BCUT2D eigenvalue weighted by Gasteiger charge is -2.36. The molecule has 144 valence electrons. The average Bonchev–Trinajstić information content (AvgIpc) is 2.62. The third kappa shape index (κ3) is 3.77. The highest BCUT2D eigenvalue weighted by Crippen LogP contribution is 2.38. The van der Waals surface area contributed by atoms with Crippen molar-refractivity contribution in [2.45, 2.75) is 18.9 Å². The second kappa shape index (κ2) is 7.82. The first-order valence-electron chi connectivity index (χ1n) is 8.56. The van der Waals surface area contributed by atoms with E-state index in [0.29, 0.717) is 42.1 Å². The van der Waals surface area contributed by atoms with Crippen LogP contribution in [-0.4, -0.2) is 59.7 Å². The van der Waals surface area contributed by atoms with E-state index in [4.69, 9.17) is 16.3 Å². The highest BCUT2D eigenvalue weighted by molar-refractivity contribution is 7.80. The number of fused-ring (bicyclic) bond motifs is 1. The number of piperazine rings is 1. The molecule has 0 spiro atoms. The van der Waals surface area contributed by atoms with Gasteiger partial charge in [0.25, 0.3) is 0 Å². The molecule has 2 aromatic rings. The molecule has 0 unspecified atom stereocenters. The molecule has 1 aliphatic rings. The highest BCUT2D eigenvalue weighted by Gasteiger charge is 2.24. The Balaban J connectivity index is 1.99. The van der Waals surface area contributed by atoms with Crippen LogP contribution in [0.4, 0.5) is 5.69 Å². The summed E-state index contributed by atoms with van der Waals surface area (Å²) in [5, 5.41) is 11.4. The monoisotopic (exact) mass is 409 g/mol. The summed E-state index contributed by atoms with van der Waals surface area (Å²) in [5.41, 5.74) is 1.15. The number of anilines is 1. The van der Waals surface area contributed by atoms with Gasteiger partial charge in [-0.2, -0.15) is 0 Å². The van der Waals surface area contributed by atoms with Crippen molar-refractivity contribution in [1.82, 2.24) is 9.88 Å².